The second kappa shape index (κ2) is 8.88. The number of hydrazine groups is 1. The number of nitrogens with one attached hydrogen (secondary N) is 2. The predicted molar refractivity (Wildman–Crippen MR) is 89.9 cm³/mol. The first-order valence-electron chi connectivity index (χ1n) is 7.24. The lowest BCUT2D eigenvalue weighted by atomic mass is 10.2. The van der Waals surface area contributed by atoms with Crippen LogP contribution in [0.1, 0.15) is 27.8 Å². The van der Waals surface area contributed by atoms with Crippen LogP contribution in [0.2, 0.25) is 0 Å². The molecule has 132 valence electrons. The highest BCUT2D eigenvalue weighted by atomic mass is 79.9. The molecule has 1 aromatic carbocycles. The van der Waals surface area contributed by atoms with Crippen molar-refractivity contribution in [1.29, 1.82) is 0 Å². The number of carbonyl (C=O) groups is 3. The highest BCUT2D eigenvalue weighted by Crippen LogP contribution is 2.14. The summed E-state index contributed by atoms with van der Waals surface area (Å²) in [7, 11) is 0. The lowest BCUT2D eigenvalue weighted by Crippen LogP contribution is -2.43. The molecule has 2 amide bonds. The molecular formula is C16H15BrN2O6. The molecular weight excluding hydrogens is 396 g/mol. The molecule has 0 radical (unpaired) electrons. The first kappa shape index (κ1) is 18.5. The van der Waals surface area contributed by atoms with Gasteiger partial charge < -0.3 is 13.9 Å². The average molecular weight is 411 g/mol. The first-order chi connectivity index (χ1) is 12.0. The van der Waals surface area contributed by atoms with Gasteiger partial charge in [-0.15, -0.1) is 0 Å². The Hall–Kier alpha value is -2.81. The minimum Gasteiger partial charge on any atom is -0.484 e. The van der Waals surface area contributed by atoms with Crippen LogP contribution in [-0.2, 0) is 9.53 Å². The van der Waals surface area contributed by atoms with Crippen LogP contribution in [0.4, 0.5) is 0 Å². The zero-order chi connectivity index (χ0) is 18.2. The highest BCUT2D eigenvalue weighted by Gasteiger charge is 2.12. The smallest absolute Gasteiger partial charge is 0.338 e. The molecule has 0 atom stereocenters. The molecule has 9 heteroatoms. The van der Waals surface area contributed by atoms with Crippen LogP contribution in [-0.4, -0.2) is 31.0 Å². The van der Waals surface area contributed by atoms with Gasteiger partial charge in [-0.3, -0.25) is 20.4 Å². The van der Waals surface area contributed by atoms with Gasteiger partial charge in [-0.05, 0) is 59.3 Å². The minimum atomic E-state index is -0.599. The molecule has 1 aromatic heterocycles. The number of amides is 2. The van der Waals surface area contributed by atoms with E-state index < -0.39 is 17.8 Å². The summed E-state index contributed by atoms with van der Waals surface area (Å²) in [6, 6.07) is 9.15. The van der Waals surface area contributed by atoms with E-state index in [9.17, 15) is 14.4 Å². The van der Waals surface area contributed by atoms with E-state index in [4.69, 9.17) is 13.9 Å². The largest absolute Gasteiger partial charge is 0.484 e. The summed E-state index contributed by atoms with van der Waals surface area (Å²) in [4.78, 5) is 34.8. The Bertz CT molecular complexity index is 756. The summed E-state index contributed by atoms with van der Waals surface area (Å²) in [5, 5.41) is 0. The number of hydrogen-bond acceptors (Lipinski definition) is 6. The zero-order valence-corrected chi connectivity index (χ0v) is 14.8. The molecule has 0 saturated carbocycles. The van der Waals surface area contributed by atoms with Crippen LogP contribution in [0.5, 0.6) is 5.75 Å². The monoisotopic (exact) mass is 410 g/mol. The maximum absolute atomic E-state index is 11.7. The second-order valence-electron chi connectivity index (χ2n) is 4.64. The number of esters is 1. The van der Waals surface area contributed by atoms with E-state index in [2.05, 4.69) is 26.8 Å². The average Bonchev–Trinajstić information content (AvgIpc) is 3.05. The van der Waals surface area contributed by atoms with E-state index in [1.54, 1.807) is 25.1 Å². The van der Waals surface area contributed by atoms with Gasteiger partial charge in [-0.2, -0.15) is 0 Å². The van der Waals surface area contributed by atoms with Crippen molar-refractivity contribution >= 4 is 33.7 Å². The number of ether oxygens (including phenoxy) is 2. The van der Waals surface area contributed by atoms with Gasteiger partial charge in [-0.1, -0.05) is 0 Å². The third-order valence-electron chi connectivity index (χ3n) is 2.85. The fourth-order valence-corrected chi connectivity index (χ4v) is 2.02. The number of rotatable bonds is 6. The molecule has 0 fully saturated rings. The maximum atomic E-state index is 11.7. The molecule has 2 aromatic rings. The second-order valence-corrected chi connectivity index (χ2v) is 5.42. The van der Waals surface area contributed by atoms with Crippen LogP contribution in [0.15, 0.2) is 45.5 Å². The summed E-state index contributed by atoms with van der Waals surface area (Å²) in [5.41, 5.74) is 4.77. The fourth-order valence-electron chi connectivity index (χ4n) is 1.71. The molecule has 1 heterocycles. The van der Waals surface area contributed by atoms with Gasteiger partial charge in [0, 0.05) is 0 Å². The highest BCUT2D eigenvalue weighted by molar-refractivity contribution is 9.10. The Morgan fingerprint density at radius 3 is 2.40 bits per heavy atom. The molecule has 25 heavy (non-hydrogen) atoms. The van der Waals surface area contributed by atoms with E-state index in [0.717, 1.165) is 0 Å². The van der Waals surface area contributed by atoms with E-state index in [1.807, 2.05) is 0 Å². The van der Waals surface area contributed by atoms with Crippen LogP contribution in [0, 0.1) is 0 Å². The number of halogens is 1. The van der Waals surface area contributed by atoms with Gasteiger partial charge in [0.2, 0.25) is 0 Å². The van der Waals surface area contributed by atoms with Crippen molar-refractivity contribution in [2.24, 2.45) is 0 Å². The van der Waals surface area contributed by atoms with E-state index in [-0.39, 0.29) is 19.0 Å². The number of carbonyl (C=O) groups excluding carboxylic acids is 3. The maximum Gasteiger partial charge on any atom is 0.338 e. The predicted octanol–water partition coefficient (Wildman–Crippen LogP) is 2.06. The van der Waals surface area contributed by atoms with Gasteiger partial charge in [0.1, 0.15) is 5.75 Å². The molecule has 0 unspecified atom stereocenters. The third kappa shape index (κ3) is 5.64. The molecule has 0 bridgehead atoms. The summed E-state index contributed by atoms with van der Waals surface area (Å²) < 4.78 is 15.6. The summed E-state index contributed by atoms with van der Waals surface area (Å²) >= 11 is 3.07. The molecule has 8 nitrogen and oxygen atoms in total. The van der Waals surface area contributed by atoms with Gasteiger partial charge in [-0.25, -0.2) is 4.79 Å². The van der Waals surface area contributed by atoms with Crippen molar-refractivity contribution < 1.29 is 28.3 Å². The molecule has 0 aliphatic carbocycles. The van der Waals surface area contributed by atoms with Crippen LogP contribution < -0.4 is 15.6 Å². The number of benzene rings is 1. The van der Waals surface area contributed by atoms with Crippen molar-refractivity contribution in [2.75, 3.05) is 13.2 Å². The standard InChI is InChI=1S/C16H15BrN2O6/c1-2-23-16(22)10-3-5-11(6-4-10)24-9-14(20)18-19-15(21)12-7-8-13(17)25-12/h3-8H,2,9H2,1H3,(H,18,20)(H,19,21). The molecule has 0 aliphatic heterocycles. The van der Waals surface area contributed by atoms with Crippen molar-refractivity contribution in [2.45, 2.75) is 6.92 Å². The molecule has 0 spiro atoms. The number of furan rings is 1. The summed E-state index contributed by atoms with van der Waals surface area (Å²) in [5.74, 6) is -1.16. The van der Waals surface area contributed by atoms with E-state index in [0.29, 0.717) is 16.0 Å². The van der Waals surface area contributed by atoms with Crippen molar-refractivity contribution in [3.8, 4) is 5.75 Å². The summed E-state index contributed by atoms with van der Waals surface area (Å²) in [6.45, 7) is 1.69. The lowest BCUT2D eigenvalue weighted by Gasteiger charge is -2.08. The molecule has 2 N–H and O–H groups in total. The molecule has 2 rings (SSSR count). The van der Waals surface area contributed by atoms with Gasteiger partial charge >= 0.3 is 11.9 Å². The van der Waals surface area contributed by atoms with E-state index in [1.165, 1.54) is 18.2 Å². The fraction of sp³-hybridized carbons (Fsp3) is 0.188. The first-order valence-corrected chi connectivity index (χ1v) is 8.03. The Kier molecular flexibility index (Phi) is 6.58. The quantitative estimate of drug-likeness (QED) is 0.557. The normalized spacial score (nSPS) is 10.0. The molecule has 0 aliphatic rings. The van der Waals surface area contributed by atoms with Gasteiger partial charge in [0.05, 0.1) is 12.2 Å². The Morgan fingerprint density at radius 1 is 1.08 bits per heavy atom. The van der Waals surface area contributed by atoms with Gasteiger partial charge in [0.15, 0.2) is 17.0 Å². The SMILES string of the molecule is CCOC(=O)c1ccc(OCC(=O)NNC(=O)c2ccc(Br)o2)cc1. The third-order valence-corrected chi connectivity index (χ3v) is 3.27. The lowest BCUT2D eigenvalue weighted by molar-refractivity contribution is -0.123. The Morgan fingerprint density at radius 2 is 1.80 bits per heavy atom. The topological polar surface area (TPSA) is 107 Å². The Labute approximate surface area is 151 Å². The Balaban J connectivity index is 1.76. The summed E-state index contributed by atoms with van der Waals surface area (Å²) in [6.07, 6.45) is 0. The van der Waals surface area contributed by atoms with Crippen LogP contribution in [0.25, 0.3) is 0 Å². The molecule has 0 saturated heterocycles. The van der Waals surface area contributed by atoms with Crippen molar-refractivity contribution in [3.63, 3.8) is 0 Å². The minimum absolute atomic E-state index is 0.0441. The van der Waals surface area contributed by atoms with Gasteiger partial charge in [0.25, 0.3) is 5.91 Å². The number of hydrogen-bond donors (Lipinski definition) is 2. The van der Waals surface area contributed by atoms with Crippen LogP contribution >= 0.6 is 15.9 Å². The van der Waals surface area contributed by atoms with E-state index >= 15 is 0 Å². The van der Waals surface area contributed by atoms with Crippen molar-refractivity contribution in [1.82, 2.24) is 10.9 Å². The van der Waals surface area contributed by atoms with Crippen molar-refractivity contribution in [3.05, 3.63) is 52.4 Å². The zero-order valence-electron chi connectivity index (χ0n) is 13.2. The van der Waals surface area contributed by atoms with Crippen LogP contribution in [0.3, 0.4) is 0 Å².